The van der Waals surface area contributed by atoms with E-state index in [0.717, 1.165) is 15.1 Å². The van der Waals surface area contributed by atoms with E-state index in [1.807, 2.05) is 13.8 Å². The predicted molar refractivity (Wildman–Crippen MR) is 79.4 cm³/mol. The Morgan fingerprint density at radius 1 is 1.47 bits per heavy atom. The van der Waals surface area contributed by atoms with Gasteiger partial charge in [-0.25, -0.2) is 0 Å². The lowest BCUT2D eigenvalue weighted by molar-refractivity contribution is -0.118. The van der Waals surface area contributed by atoms with Crippen LogP contribution in [0, 0.1) is 17.2 Å². The lowest BCUT2D eigenvalue weighted by Crippen LogP contribution is -2.25. The van der Waals surface area contributed by atoms with Crippen molar-refractivity contribution >= 4 is 40.8 Å². The molecule has 0 aliphatic heterocycles. The van der Waals surface area contributed by atoms with Crippen molar-refractivity contribution < 1.29 is 4.79 Å². The maximum absolute atomic E-state index is 11.4. The summed E-state index contributed by atoms with van der Waals surface area (Å²) in [4.78, 5) is 11.4. The zero-order valence-corrected chi connectivity index (χ0v) is 13.3. The molecule has 0 fully saturated rings. The van der Waals surface area contributed by atoms with Crippen LogP contribution in [0.15, 0.2) is 8.68 Å². The Bertz CT molecular complexity index is 443. The monoisotopic (exact) mass is 316 g/mol. The van der Waals surface area contributed by atoms with E-state index in [-0.39, 0.29) is 11.8 Å². The number of hydrogen-bond donors (Lipinski definition) is 1. The Hall–Kier alpha value is -0.780. The average Bonchev–Trinajstić information content (AvgIpc) is 2.88. The summed E-state index contributed by atoms with van der Waals surface area (Å²) in [5.41, 5.74) is 0. The number of nitrogens with zero attached hydrogens (tertiary/aromatic N) is 3. The highest BCUT2D eigenvalue weighted by Crippen LogP contribution is 2.29. The van der Waals surface area contributed by atoms with Crippen molar-refractivity contribution in [2.45, 2.75) is 28.9 Å². The first-order valence-corrected chi connectivity index (χ1v) is 8.69. The van der Waals surface area contributed by atoms with Gasteiger partial charge >= 0.3 is 0 Å². The highest BCUT2D eigenvalue weighted by atomic mass is 32.2. The zero-order valence-electron chi connectivity index (χ0n) is 10.9. The fourth-order valence-corrected chi connectivity index (χ4v) is 3.81. The van der Waals surface area contributed by atoms with Gasteiger partial charge in [0.1, 0.15) is 0 Å². The molecule has 1 heterocycles. The van der Waals surface area contributed by atoms with Crippen LogP contribution in [0.3, 0.4) is 0 Å². The minimum Gasteiger partial charge on any atom is -0.355 e. The molecule has 0 aliphatic rings. The van der Waals surface area contributed by atoms with Gasteiger partial charge in [-0.1, -0.05) is 41.8 Å². The van der Waals surface area contributed by atoms with Gasteiger partial charge in [0, 0.05) is 12.3 Å². The molecule has 19 heavy (non-hydrogen) atoms. The standard InChI is InChI=1S/C11H16N4OS3/c1-3-4-13-9(16)7-18-11-15-14-10(19-11)17-6-8(2)5-12/h8H,3-4,6-7H2,1-2H3,(H,13,16)/t8-/m0/s1. The van der Waals surface area contributed by atoms with Crippen LogP contribution in [-0.4, -0.2) is 34.2 Å². The number of amides is 1. The Morgan fingerprint density at radius 2 is 2.16 bits per heavy atom. The molecule has 1 N–H and O–H groups in total. The zero-order chi connectivity index (χ0) is 14.1. The number of nitrogens with one attached hydrogen (secondary N) is 1. The van der Waals surface area contributed by atoms with E-state index >= 15 is 0 Å². The Labute approximate surface area is 125 Å². The normalized spacial score (nSPS) is 11.8. The third-order valence-corrected chi connectivity index (χ3v) is 5.41. The summed E-state index contributed by atoms with van der Waals surface area (Å²) in [5, 5.41) is 19.6. The van der Waals surface area contributed by atoms with E-state index in [1.165, 1.54) is 34.9 Å². The summed E-state index contributed by atoms with van der Waals surface area (Å²) in [6.45, 7) is 4.61. The van der Waals surface area contributed by atoms with Crippen molar-refractivity contribution in [3.63, 3.8) is 0 Å². The number of hydrogen-bond acceptors (Lipinski definition) is 7. The summed E-state index contributed by atoms with van der Waals surface area (Å²) in [7, 11) is 0. The summed E-state index contributed by atoms with van der Waals surface area (Å²) in [5.74, 6) is 1.11. The molecule has 0 spiro atoms. The molecule has 8 heteroatoms. The first kappa shape index (κ1) is 16.3. The number of aromatic nitrogens is 2. The number of thioether (sulfide) groups is 2. The minimum atomic E-state index is 0.00447. The molecule has 1 atom stereocenters. The van der Waals surface area contributed by atoms with Gasteiger partial charge in [0.05, 0.1) is 17.7 Å². The Balaban J connectivity index is 2.30. The first-order chi connectivity index (χ1) is 9.15. The lowest BCUT2D eigenvalue weighted by atomic mass is 10.3. The van der Waals surface area contributed by atoms with Crippen LogP contribution < -0.4 is 5.32 Å². The molecule has 0 unspecified atom stereocenters. The van der Waals surface area contributed by atoms with Crippen LogP contribution in [-0.2, 0) is 4.79 Å². The summed E-state index contributed by atoms with van der Waals surface area (Å²) in [6.07, 6.45) is 0.938. The van der Waals surface area contributed by atoms with Crippen molar-refractivity contribution in [1.82, 2.24) is 15.5 Å². The van der Waals surface area contributed by atoms with Crippen molar-refractivity contribution in [3.05, 3.63) is 0 Å². The third-order valence-electron chi connectivity index (χ3n) is 1.96. The van der Waals surface area contributed by atoms with E-state index < -0.39 is 0 Å². The molecule has 1 aromatic heterocycles. The maximum Gasteiger partial charge on any atom is 0.230 e. The quantitative estimate of drug-likeness (QED) is 0.742. The third kappa shape index (κ3) is 6.80. The van der Waals surface area contributed by atoms with Crippen LogP contribution in [0.5, 0.6) is 0 Å². The molecule has 1 aromatic rings. The molecule has 0 aliphatic carbocycles. The minimum absolute atomic E-state index is 0.00447. The van der Waals surface area contributed by atoms with E-state index in [9.17, 15) is 4.79 Å². The second-order valence-corrected chi connectivity index (χ2v) is 7.28. The van der Waals surface area contributed by atoms with Crippen LogP contribution in [0.1, 0.15) is 20.3 Å². The van der Waals surface area contributed by atoms with Gasteiger partial charge in [-0.3, -0.25) is 4.79 Å². The maximum atomic E-state index is 11.4. The molecule has 0 aromatic carbocycles. The Kier molecular flexibility index (Phi) is 7.86. The van der Waals surface area contributed by atoms with E-state index in [2.05, 4.69) is 21.6 Å². The second-order valence-electron chi connectivity index (χ2n) is 3.81. The van der Waals surface area contributed by atoms with Gasteiger partial charge < -0.3 is 5.32 Å². The molecule has 0 radical (unpaired) electrons. The van der Waals surface area contributed by atoms with E-state index in [1.54, 1.807) is 0 Å². The van der Waals surface area contributed by atoms with Crippen molar-refractivity contribution in [1.29, 1.82) is 5.26 Å². The summed E-state index contributed by atoms with van der Waals surface area (Å²) < 4.78 is 1.64. The van der Waals surface area contributed by atoms with E-state index in [0.29, 0.717) is 18.1 Å². The van der Waals surface area contributed by atoms with Crippen LogP contribution in [0.25, 0.3) is 0 Å². The molecular weight excluding hydrogens is 300 g/mol. The molecule has 1 rings (SSSR count). The van der Waals surface area contributed by atoms with Crippen molar-refractivity contribution in [2.24, 2.45) is 5.92 Å². The molecule has 104 valence electrons. The van der Waals surface area contributed by atoms with Crippen LogP contribution in [0.2, 0.25) is 0 Å². The number of carbonyl (C=O) groups is 1. The SMILES string of the molecule is CCCNC(=O)CSc1nnc(SC[C@@H](C)C#N)s1. The highest BCUT2D eigenvalue weighted by molar-refractivity contribution is 8.03. The van der Waals surface area contributed by atoms with Crippen LogP contribution in [0.4, 0.5) is 0 Å². The largest absolute Gasteiger partial charge is 0.355 e. The van der Waals surface area contributed by atoms with E-state index in [4.69, 9.17) is 5.26 Å². The fraction of sp³-hybridized carbons (Fsp3) is 0.636. The van der Waals surface area contributed by atoms with Crippen molar-refractivity contribution in [3.8, 4) is 6.07 Å². The molecule has 0 saturated heterocycles. The molecule has 5 nitrogen and oxygen atoms in total. The molecular formula is C11H16N4OS3. The van der Waals surface area contributed by atoms with Crippen LogP contribution >= 0.6 is 34.9 Å². The van der Waals surface area contributed by atoms with Gasteiger partial charge in [0.2, 0.25) is 5.91 Å². The van der Waals surface area contributed by atoms with Gasteiger partial charge in [-0.2, -0.15) is 5.26 Å². The van der Waals surface area contributed by atoms with Gasteiger partial charge in [-0.05, 0) is 13.3 Å². The summed E-state index contributed by atoms with van der Waals surface area (Å²) >= 11 is 4.39. The number of rotatable bonds is 8. The molecule has 0 bridgehead atoms. The topological polar surface area (TPSA) is 78.7 Å². The smallest absolute Gasteiger partial charge is 0.230 e. The number of nitriles is 1. The highest BCUT2D eigenvalue weighted by Gasteiger charge is 2.09. The lowest BCUT2D eigenvalue weighted by Gasteiger charge is -2.00. The van der Waals surface area contributed by atoms with Gasteiger partial charge in [0.15, 0.2) is 8.68 Å². The average molecular weight is 316 g/mol. The Morgan fingerprint density at radius 3 is 2.79 bits per heavy atom. The predicted octanol–water partition coefficient (Wildman–Crippen LogP) is 2.41. The first-order valence-electron chi connectivity index (χ1n) is 5.91. The molecule has 1 amide bonds. The second kappa shape index (κ2) is 9.18. The summed E-state index contributed by atoms with van der Waals surface area (Å²) in [6, 6.07) is 2.18. The van der Waals surface area contributed by atoms with Crippen molar-refractivity contribution in [2.75, 3.05) is 18.1 Å². The van der Waals surface area contributed by atoms with Gasteiger partial charge in [0.25, 0.3) is 0 Å². The number of carbonyl (C=O) groups excluding carboxylic acids is 1. The molecule has 0 saturated carbocycles. The van der Waals surface area contributed by atoms with Gasteiger partial charge in [-0.15, -0.1) is 10.2 Å². The fourth-order valence-electron chi connectivity index (χ4n) is 0.990.